The number of fused-ring (bicyclic) bond motifs is 1. The number of anilines is 1. The third kappa shape index (κ3) is 3.78. The fraction of sp³-hybridized carbons (Fsp3) is 0.421. The molecule has 4 heterocycles. The van der Waals surface area contributed by atoms with Gasteiger partial charge in [-0.05, 0) is 37.1 Å². The van der Waals surface area contributed by atoms with Crippen molar-refractivity contribution >= 4 is 11.3 Å². The zero-order chi connectivity index (χ0) is 18.8. The lowest BCUT2D eigenvalue weighted by Gasteiger charge is -2.33. The first-order chi connectivity index (χ1) is 13.1. The number of nitrogens with one attached hydrogen (secondary N) is 1. The molecule has 0 saturated carbocycles. The van der Waals surface area contributed by atoms with Crippen molar-refractivity contribution in [1.29, 1.82) is 0 Å². The molecule has 0 aliphatic carbocycles. The molecule has 1 aliphatic rings. The van der Waals surface area contributed by atoms with E-state index in [1.54, 1.807) is 12.5 Å². The number of likely N-dealkylation sites (tertiary alicyclic amines) is 1. The van der Waals surface area contributed by atoms with Crippen molar-refractivity contribution in [1.82, 2.24) is 24.5 Å². The van der Waals surface area contributed by atoms with Gasteiger partial charge in [-0.15, -0.1) is 0 Å². The highest BCUT2D eigenvalue weighted by Gasteiger charge is 2.25. The topological polar surface area (TPSA) is 105 Å². The zero-order valence-corrected chi connectivity index (χ0v) is 15.4. The molecule has 0 amide bonds. The molecule has 3 aromatic heterocycles. The van der Waals surface area contributed by atoms with Gasteiger partial charge >= 0.3 is 0 Å². The maximum Gasteiger partial charge on any atom is 0.154 e. The van der Waals surface area contributed by atoms with E-state index in [0.29, 0.717) is 6.54 Å². The monoisotopic (exact) mass is 367 g/mol. The van der Waals surface area contributed by atoms with Crippen LogP contribution >= 0.6 is 0 Å². The van der Waals surface area contributed by atoms with Gasteiger partial charge in [0.25, 0.3) is 0 Å². The predicted octanol–water partition coefficient (Wildman–Crippen LogP) is 1.19. The van der Waals surface area contributed by atoms with Crippen molar-refractivity contribution in [3.63, 3.8) is 0 Å². The Balaban J connectivity index is 1.58. The number of piperidine rings is 1. The van der Waals surface area contributed by atoms with Crippen LogP contribution in [0.2, 0.25) is 0 Å². The SMILES string of the molecule is C[C@H](Nc1ncnn2ccc(CN3CC[C@@H](N)[C@H](O)C3)c12)c1ccccn1. The normalized spacial score (nSPS) is 22.0. The van der Waals surface area contributed by atoms with Gasteiger partial charge in [0, 0.05) is 38.1 Å². The first kappa shape index (κ1) is 17.8. The number of hydrogen-bond donors (Lipinski definition) is 3. The Bertz CT molecular complexity index is 897. The lowest BCUT2D eigenvalue weighted by atomic mass is 10.0. The van der Waals surface area contributed by atoms with Crippen molar-refractivity contribution in [2.24, 2.45) is 5.73 Å². The van der Waals surface area contributed by atoms with Gasteiger partial charge in [0.2, 0.25) is 0 Å². The maximum atomic E-state index is 10.1. The average Bonchev–Trinajstić information content (AvgIpc) is 3.09. The first-order valence-electron chi connectivity index (χ1n) is 9.26. The fourth-order valence-corrected chi connectivity index (χ4v) is 3.56. The molecule has 1 aliphatic heterocycles. The highest BCUT2D eigenvalue weighted by molar-refractivity contribution is 5.72. The van der Waals surface area contributed by atoms with Gasteiger partial charge in [-0.2, -0.15) is 5.10 Å². The van der Waals surface area contributed by atoms with Crippen LogP contribution in [0.5, 0.6) is 0 Å². The lowest BCUT2D eigenvalue weighted by molar-refractivity contribution is 0.0501. The molecule has 4 N–H and O–H groups in total. The highest BCUT2D eigenvalue weighted by atomic mass is 16.3. The molecule has 1 fully saturated rings. The maximum absolute atomic E-state index is 10.1. The molecule has 8 heteroatoms. The summed E-state index contributed by atoms with van der Waals surface area (Å²) in [5.74, 6) is 0.775. The third-order valence-electron chi connectivity index (χ3n) is 5.13. The minimum atomic E-state index is -0.481. The van der Waals surface area contributed by atoms with Crippen LogP contribution in [0.25, 0.3) is 5.52 Å². The molecule has 0 aromatic carbocycles. The summed E-state index contributed by atoms with van der Waals surface area (Å²) in [7, 11) is 0. The second-order valence-electron chi connectivity index (χ2n) is 7.12. The minimum absolute atomic E-state index is 0.0162. The molecule has 0 unspecified atom stereocenters. The van der Waals surface area contributed by atoms with Crippen LogP contribution < -0.4 is 11.1 Å². The van der Waals surface area contributed by atoms with Gasteiger partial charge < -0.3 is 16.2 Å². The van der Waals surface area contributed by atoms with Crippen molar-refractivity contribution in [3.05, 3.63) is 54.2 Å². The number of aliphatic hydroxyl groups excluding tert-OH is 1. The average molecular weight is 367 g/mol. The number of nitrogens with two attached hydrogens (primary N) is 1. The molecule has 1 saturated heterocycles. The smallest absolute Gasteiger partial charge is 0.154 e. The van der Waals surface area contributed by atoms with Crippen LogP contribution in [0.15, 0.2) is 43.0 Å². The van der Waals surface area contributed by atoms with Crippen LogP contribution in [0.1, 0.15) is 30.6 Å². The Morgan fingerprint density at radius 2 is 2.22 bits per heavy atom. The van der Waals surface area contributed by atoms with E-state index >= 15 is 0 Å². The quantitative estimate of drug-likeness (QED) is 0.622. The zero-order valence-electron chi connectivity index (χ0n) is 15.4. The van der Waals surface area contributed by atoms with Crippen LogP contribution in [-0.4, -0.2) is 54.8 Å². The van der Waals surface area contributed by atoms with Gasteiger partial charge in [-0.1, -0.05) is 6.07 Å². The van der Waals surface area contributed by atoms with Crippen molar-refractivity contribution in [2.75, 3.05) is 18.4 Å². The Kier molecular flexibility index (Phi) is 5.02. The number of rotatable bonds is 5. The molecule has 3 atom stereocenters. The summed E-state index contributed by atoms with van der Waals surface area (Å²) in [4.78, 5) is 11.1. The van der Waals surface area contributed by atoms with E-state index in [9.17, 15) is 5.11 Å². The predicted molar refractivity (Wildman–Crippen MR) is 103 cm³/mol. The third-order valence-corrected chi connectivity index (χ3v) is 5.13. The molecule has 27 heavy (non-hydrogen) atoms. The highest BCUT2D eigenvalue weighted by Crippen LogP contribution is 2.25. The second-order valence-corrected chi connectivity index (χ2v) is 7.12. The Labute approximate surface area is 158 Å². The number of hydrogen-bond acceptors (Lipinski definition) is 7. The van der Waals surface area contributed by atoms with E-state index in [1.807, 2.05) is 28.9 Å². The van der Waals surface area contributed by atoms with E-state index in [1.165, 1.54) is 0 Å². The molecule has 0 radical (unpaired) electrons. The van der Waals surface area contributed by atoms with Gasteiger partial charge in [0.15, 0.2) is 5.82 Å². The number of aliphatic hydroxyl groups is 1. The summed E-state index contributed by atoms with van der Waals surface area (Å²) >= 11 is 0. The van der Waals surface area contributed by atoms with Crippen LogP contribution in [-0.2, 0) is 6.54 Å². The van der Waals surface area contributed by atoms with Gasteiger partial charge in [-0.3, -0.25) is 9.88 Å². The number of aromatic nitrogens is 4. The summed E-state index contributed by atoms with van der Waals surface area (Å²) in [6.45, 7) is 4.24. The Morgan fingerprint density at radius 1 is 1.33 bits per heavy atom. The number of nitrogens with zero attached hydrogens (tertiary/aromatic N) is 5. The molecular weight excluding hydrogens is 342 g/mol. The first-order valence-corrected chi connectivity index (χ1v) is 9.26. The molecular formula is C19H25N7O. The summed E-state index contributed by atoms with van der Waals surface area (Å²) < 4.78 is 1.84. The van der Waals surface area contributed by atoms with E-state index < -0.39 is 6.10 Å². The van der Waals surface area contributed by atoms with Gasteiger partial charge in [0.05, 0.1) is 17.8 Å². The molecule has 0 bridgehead atoms. The van der Waals surface area contributed by atoms with E-state index in [-0.39, 0.29) is 12.1 Å². The van der Waals surface area contributed by atoms with Gasteiger partial charge in [0.1, 0.15) is 11.8 Å². The summed E-state index contributed by atoms with van der Waals surface area (Å²) in [6.07, 6.45) is 5.59. The Morgan fingerprint density at radius 3 is 3.00 bits per heavy atom. The standard InChI is InChI=1S/C19H25N7O/c1-13(16-4-2-3-7-21-16)24-19-18-14(5-9-26(18)23-12-22-19)10-25-8-6-15(20)17(27)11-25/h2-5,7,9,12-13,15,17,27H,6,8,10-11,20H2,1H3,(H,22,23,24)/t13-,15+,17+/m0/s1. The number of pyridine rings is 1. The second kappa shape index (κ2) is 7.59. The molecule has 8 nitrogen and oxygen atoms in total. The van der Waals surface area contributed by atoms with Crippen LogP contribution in [0, 0.1) is 0 Å². The minimum Gasteiger partial charge on any atom is -0.390 e. The molecule has 3 aromatic rings. The Hall–Kier alpha value is -2.55. The lowest BCUT2D eigenvalue weighted by Crippen LogP contribution is -2.50. The summed E-state index contributed by atoms with van der Waals surface area (Å²) in [6, 6.07) is 7.82. The molecule has 0 spiro atoms. The van der Waals surface area contributed by atoms with Gasteiger partial charge in [-0.25, -0.2) is 9.50 Å². The van der Waals surface area contributed by atoms with Crippen molar-refractivity contribution in [2.45, 2.75) is 38.1 Å². The summed E-state index contributed by atoms with van der Waals surface area (Å²) in [5, 5.41) is 17.9. The van der Waals surface area contributed by atoms with E-state index in [2.05, 4.69) is 38.3 Å². The van der Waals surface area contributed by atoms with Crippen LogP contribution in [0.4, 0.5) is 5.82 Å². The largest absolute Gasteiger partial charge is 0.390 e. The fourth-order valence-electron chi connectivity index (χ4n) is 3.56. The summed E-state index contributed by atoms with van der Waals surface area (Å²) in [5.41, 5.74) is 8.94. The van der Waals surface area contributed by atoms with E-state index in [0.717, 1.165) is 42.1 Å². The van der Waals surface area contributed by atoms with Crippen molar-refractivity contribution < 1.29 is 5.11 Å². The van der Waals surface area contributed by atoms with Crippen LogP contribution in [0.3, 0.4) is 0 Å². The molecule has 142 valence electrons. The molecule has 4 rings (SSSR count). The number of β-amino-alcohol motifs (C(OH)–C–C–N with tert-alkyl or cyclic N) is 1. The van der Waals surface area contributed by atoms with E-state index in [4.69, 9.17) is 5.73 Å². The van der Waals surface area contributed by atoms with Crippen molar-refractivity contribution in [3.8, 4) is 0 Å².